The summed E-state index contributed by atoms with van der Waals surface area (Å²) in [5, 5.41) is 11.3. The summed E-state index contributed by atoms with van der Waals surface area (Å²) >= 11 is 0. The Hall–Kier alpha value is -2.67. The van der Waals surface area contributed by atoms with Gasteiger partial charge < -0.3 is 15.5 Å². The van der Waals surface area contributed by atoms with Crippen molar-refractivity contribution >= 4 is 11.8 Å². The van der Waals surface area contributed by atoms with E-state index in [1.54, 1.807) is 0 Å². The van der Waals surface area contributed by atoms with Crippen molar-refractivity contribution in [3.8, 4) is 11.3 Å². The van der Waals surface area contributed by atoms with Crippen LogP contribution in [0.25, 0.3) is 11.3 Å². The van der Waals surface area contributed by atoms with Crippen molar-refractivity contribution in [1.29, 1.82) is 0 Å². The van der Waals surface area contributed by atoms with Crippen molar-refractivity contribution in [2.75, 3.05) is 19.6 Å². The Labute approximate surface area is 233 Å². The summed E-state index contributed by atoms with van der Waals surface area (Å²) in [6.07, 6.45) is 15.4. The second-order valence-electron chi connectivity index (χ2n) is 12.4. The van der Waals surface area contributed by atoms with Crippen LogP contribution in [0.1, 0.15) is 118 Å². The molecule has 2 aromatic rings. The molecule has 7 heteroatoms. The molecule has 0 radical (unpaired) electrons. The zero-order valence-corrected chi connectivity index (χ0v) is 23.4. The molecule has 2 heterocycles. The van der Waals surface area contributed by atoms with Crippen molar-refractivity contribution in [1.82, 2.24) is 25.3 Å². The maximum Gasteiger partial charge on any atom is 0.272 e. The largest absolute Gasteiger partial charge is 0.353 e. The highest BCUT2D eigenvalue weighted by Gasteiger charge is 2.30. The number of hydrogen-bond acceptors (Lipinski definition) is 4. The first-order valence-electron chi connectivity index (χ1n) is 15.7. The molecular weight excluding hydrogens is 486 g/mol. The average Bonchev–Trinajstić information content (AvgIpc) is 3.44. The van der Waals surface area contributed by atoms with Crippen molar-refractivity contribution in [3.05, 3.63) is 41.6 Å². The van der Waals surface area contributed by atoms with E-state index < -0.39 is 0 Å². The number of hydrogen-bond donors (Lipinski definition) is 2. The van der Waals surface area contributed by atoms with Crippen LogP contribution in [-0.2, 0) is 4.79 Å². The van der Waals surface area contributed by atoms with Gasteiger partial charge in [-0.15, -0.1) is 0 Å². The molecule has 1 aromatic carbocycles. The van der Waals surface area contributed by atoms with Crippen molar-refractivity contribution in [2.45, 2.75) is 114 Å². The molecule has 1 aromatic heterocycles. The average molecular weight is 532 g/mol. The minimum Gasteiger partial charge on any atom is -0.353 e. The monoisotopic (exact) mass is 531 g/mol. The van der Waals surface area contributed by atoms with Gasteiger partial charge in [0.1, 0.15) is 0 Å². The Morgan fingerprint density at radius 1 is 0.923 bits per heavy atom. The van der Waals surface area contributed by atoms with Gasteiger partial charge in [-0.1, -0.05) is 43.5 Å². The third-order valence-electron chi connectivity index (χ3n) is 9.37. The Morgan fingerprint density at radius 3 is 2.41 bits per heavy atom. The van der Waals surface area contributed by atoms with E-state index in [0.717, 1.165) is 57.4 Å². The topological polar surface area (TPSA) is 79.3 Å². The van der Waals surface area contributed by atoms with E-state index in [1.807, 2.05) is 6.07 Å². The molecule has 7 nitrogen and oxygen atoms in total. The molecule has 2 amide bonds. The lowest BCUT2D eigenvalue weighted by Crippen LogP contribution is -2.45. The first-order valence-corrected chi connectivity index (χ1v) is 15.7. The number of nitrogens with one attached hydrogen (secondary N) is 2. The van der Waals surface area contributed by atoms with Crippen LogP contribution >= 0.6 is 0 Å². The van der Waals surface area contributed by atoms with Gasteiger partial charge in [0.15, 0.2) is 5.69 Å². The SMILES string of the molecule is O=C(CC(CCN1CCCCC1)NC(=O)c1cc(-c2ccccc2C2CC2)n(C2CCCC2)n1)NC1CCC1. The van der Waals surface area contributed by atoms with Gasteiger partial charge in [-0.3, -0.25) is 14.3 Å². The first kappa shape index (κ1) is 26.5. The molecule has 6 rings (SSSR count). The van der Waals surface area contributed by atoms with Gasteiger partial charge in [0.2, 0.25) is 5.91 Å². The maximum atomic E-state index is 13.7. The lowest BCUT2D eigenvalue weighted by atomic mass is 9.93. The smallest absolute Gasteiger partial charge is 0.272 e. The van der Waals surface area contributed by atoms with Crippen LogP contribution in [-0.4, -0.2) is 58.2 Å². The molecule has 3 saturated carbocycles. The second kappa shape index (κ2) is 12.2. The van der Waals surface area contributed by atoms with Gasteiger partial charge in [0.25, 0.3) is 5.91 Å². The summed E-state index contributed by atoms with van der Waals surface area (Å²) in [4.78, 5) is 29.0. The van der Waals surface area contributed by atoms with Crippen molar-refractivity contribution in [2.24, 2.45) is 0 Å². The quantitative estimate of drug-likeness (QED) is 0.397. The Kier molecular flexibility index (Phi) is 8.33. The number of aromatic nitrogens is 2. The predicted molar refractivity (Wildman–Crippen MR) is 154 cm³/mol. The molecule has 210 valence electrons. The fourth-order valence-electron chi connectivity index (χ4n) is 6.68. The van der Waals surface area contributed by atoms with Crippen LogP contribution in [0.4, 0.5) is 0 Å². The summed E-state index contributed by atoms with van der Waals surface area (Å²) in [5.41, 5.74) is 4.16. The van der Waals surface area contributed by atoms with E-state index in [2.05, 4.69) is 44.5 Å². The molecule has 0 spiro atoms. The van der Waals surface area contributed by atoms with Gasteiger partial charge in [-0.05, 0) is 94.8 Å². The molecule has 1 unspecified atom stereocenters. The highest BCUT2D eigenvalue weighted by atomic mass is 16.2. The van der Waals surface area contributed by atoms with Gasteiger partial charge in [0.05, 0.1) is 11.7 Å². The molecule has 1 aliphatic heterocycles. The number of piperidine rings is 1. The molecule has 2 N–H and O–H groups in total. The van der Waals surface area contributed by atoms with Crippen LogP contribution in [0.5, 0.6) is 0 Å². The summed E-state index contributed by atoms with van der Waals surface area (Å²) in [7, 11) is 0. The normalized spacial score (nSPS) is 21.4. The molecule has 1 atom stereocenters. The molecule has 0 bridgehead atoms. The van der Waals surface area contributed by atoms with Gasteiger partial charge >= 0.3 is 0 Å². The lowest BCUT2D eigenvalue weighted by Gasteiger charge is -2.29. The van der Waals surface area contributed by atoms with Gasteiger partial charge in [-0.25, -0.2) is 0 Å². The molecular formula is C32H45N5O2. The van der Waals surface area contributed by atoms with Crippen LogP contribution in [0.2, 0.25) is 0 Å². The summed E-state index contributed by atoms with van der Waals surface area (Å²) in [5.74, 6) is 0.523. The third-order valence-corrected chi connectivity index (χ3v) is 9.37. The van der Waals surface area contributed by atoms with E-state index in [-0.39, 0.29) is 17.9 Å². The van der Waals surface area contributed by atoms with Gasteiger partial charge in [0, 0.05) is 30.6 Å². The van der Waals surface area contributed by atoms with Crippen LogP contribution in [0.3, 0.4) is 0 Å². The zero-order valence-electron chi connectivity index (χ0n) is 23.4. The molecule has 3 aliphatic carbocycles. The van der Waals surface area contributed by atoms with E-state index >= 15 is 0 Å². The number of nitrogens with zero attached hydrogens (tertiary/aromatic N) is 3. The number of carbonyl (C=O) groups excluding carboxylic acids is 2. The number of likely N-dealkylation sites (tertiary alicyclic amines) is 1. The lowest BCUT2D eigenvalue weighted by molar-refractivity contribution is -0.122. The molecule has 4 aliphatic rings. The van der Waals surface area contributed by atoms with Crippen LogP contribution in [0.15, 0.2) is 30.3 Å². The number of rotatable bonds is 11. The third kappa shape index (κ3) is 6.56. The Balaban J connectivity index is 1.20. The van der Waals surface area contributed by atoms with E-state index in [4.69, 9.17) is 5.10 Å². The van der Waals surface area contributed by atoms with Crippen molar-refractivity contribution < 1.29 is 9.59 Å². The summed E-state index contributed by atoms with van der Waals surface area (Å²) in [6.45, 7) is 3.15. The first-order chi connectivity index (χ1) is 19.1. The Bertz CT molecular complexity index is 1140. The van der Waals surface area contributed by atoms with E-state index in [9.17, 15) is 9.59 Å². The summed E-state index contributed by atoms with van der Waals surface area (Å²) in [6, 6.07) is 11.1. The minimum absolute atomic E-state index is 0.0548. The summed E-state index contributed by atoms with van der Waals surface area (Å²) < 4.78 is 2.15. The van der Waals surface area contributed by atoms with Gasteiger partial charge in [-0.2, -0.15) is 5.10 Å². The molecule has 39 heavy (non-hydrogen) atoms. The fourth-order valence-corrected chi connectivity index (χ4v) is 6.68. The maximum absolute atomic E-state index is 13.7. The van der Waals surface area contributed by atoms with Crippen LogP contribution < -0.4 is 10.6 Å². The van der Waals surface area contributed by atoms with Crippen molar-refractivity contribution in [3.63, 3.8) is 0 Å². The minimum atomic E-state index is -0.196. The van der Waals surface area contributed by atoms with E-state index in [0.29, 0.717) is 30.1 Å². The highest BCUT2D eigenvalue weighted by Crippen LogP contribution is 2.45. The highest BCUT2D eigenvalue weighted by molar-refractivity contribution is 5.94. The standard InChI is InChI=1S/C32H45N5O2/c38-31(33-24-9-8-10-24)21-25(17-20-36-18-6-1-7-19-36)34-32(39)29-22-30(37(35-29)26-11-2-3-12-26)28-14-5-4-13-27(28)23-15-16-23/h4-5,13-14,22-26H,1-3,6-12,15-21H2,(H,33,38)(H,34,39). The fraction of sp³-hybridized carbons (Fsp3) is 0.656. The second-order valence-corrected chi connectivity index (χ2v) is 12.4. The molecule has 1 saturated heterocycles. The number of benzene rings is 1. The van der Waals surface area contributed by atoms with E-state index in [1.165, 1.54) is 62.5 Å². The molecule has 4 fully saturated rings. The van der Waals surface area contributed by atoms with Crippen LogP contribution in [0, 0.1) is 0 Å². The predicted octanol–water partition coefficient (Wildman–Crippen LogP) is 5.58. The number of carbonyl (C=O) groups is 2. The zero-order chi connectivity index (χ0) is 26.6. The number of amides is 2. The Morgan fingerprint density at radius 2 is 1.69 bits per heavy atom.